The lowest BCUT2D eigenvalue weighted by atomic mass is 10.1. The van der Waals surface area contributed by atoms with Gasteiger partial charge in [-0.3, -0.25) is 9.88 Å². The van der Waals surface area contributed by atoms with Gasteiger partial charge < -0.3 is 4.98 Å². The maximum Gasteiger partial charge on any atom is 0.401 e. The number of aromatic nitrogens is 2. The molecule has 138 valence electrons. The van der Waals surface area contributed by atoms with Crippen LogP contribution in [0.1, 0.15) is 11.1 Å². The Labute approximate surface area is 154 Å². The highest BCUT2D eigenvalue weighted by Crippen LogP contribution is 2.24. The number of aromatic amines is 1. The van der Waals surface area contributed by atoms with E-state index in [1.165, 1.54) is 4.90 Å². The molecule has 6 heteroatoms. The van der Waals surface area contributed by atoms with Gasteiger partial charge in [-0.05, 0) is 29.3 Å². The van der Waals surface area contributed by atoms with Gasteiger partial charge in [0.2, 0.25) is 0 Å². The SMILES string of the molecule is FC(F)(F)CN(Cc1cnc2ccccc2c1)Cc1c[nH]c2ccccc12. The van der Waals surface area contributed by atoms with Gasteiger partial charge in [-0.2, -0.15) is 13.2 Å². The number of rotatable bonds is 5. The summed E-state index contributed by atoms with van der Waals surface area (Å²) in [5.74, 6) is 0. The minimum atomic E-state index is -4.27. The first-order valence-corrected chi connectivity index (χ1v) is 8.66. The molecule has 1 N–H and O–H groups in total. The van der Waals surface area contributed by atoms with Crippen LogP contribution in [0.4, 0.5) is 13.2 Å². The molecule has 0 saturated carbocycles. The van der Waals surface area contributed by atoms with Crippen LogP contribution in [0.2, 0.25) is 0 Å². The quantitative estimate of drug-likeness (QED) is 0.519. The number of halogens is 3. The second-order valence-electron chi connectivity index (χ2n) is 6.66. The molecule has 0 unspecified atom stereocenters. The molecule has 0 aliphatic carbocycles. The number of H-pyrrole nitrogens is 1. The molecular weight excluding hydrogens is 351 g/mol. The van der Waals surface area contributed by atoms with Crippen LogP contribution in [0, 0.1) is 0 Å². The minimum absolute atomic E-state index is 0.177. The van der Waals surface area contributed by atoms with Gasteiger partial charge in [0.25, 0.3) is 0 Å². The number of fused-ring (bicyclic) bond motifs is 2. The normalized spacial score (nSPS) is 12.3. The first kappa shape index (κ1) is 17.5. The van der Waals surface area contributed by atoms with Crippen molar-refractivity contribution in [3.05, 3.63) is 78.1 Å². The number of hydrogen-bond donors (Lipinski definition) is 1. The third-order valence-electron chi connectivity index (χ3n) is 4.53. The Morgan fingerprint density at radius 3 is 2.59 bits per heavy atom. The van der Waals surface area contributed by atoms with Crippen LogP contribution >= 0.6 is 0 Å². The lowest BCUT2D eigenvalue weighted by molar-refractivity contribution is -0.148. The highest BCUT2D eigenvalue weighted by molar-refractivity contribution is 5.83. The van der Waals surface area contributed by atoms with Crippen LogP contribution in [-0.4, -0.2) is 27.6 Å². The Bertz CT molecular complexity index is 1070. The average molecular weight is 369 g/mol. The zero-order valence-electron chi connectivity index (χ0n) is 14.5. The Hall–Kier alpha value is -2.86. The average Bonchev–Trinajstić information content (AvgIpc) is 3.03. The summed E-state index contributed by atoms with van der Waals surface area (Å²) in [5.41, 5.74) is 3.37. The van der Waals surface area contributed by atoms with Gasteiger partial charge in [0, 0.05) is 41.8 Å². The van der Waals surface area contributed by atoms with Crippen molar-refractivity contribution >= 4 is 21.8 Å². The fourth-order valence-corrected chi connectivity index (χ4v) is 3.39. The van der Waals surface area contributed by atoms with Crippen LogP contribution in [0.3, 0.4) is 0 Å². The molecule has 0 aliphatic rings. The summed E-state index contributed by atoms with van der Waals surface area (Å²) in [6, 6.07) is 17.1. The molecule has 0 bridgehead atoms. The smallest absolute Gasteiger partial charge is 0.361 e. The van der Waals surface area contributed by atoms with Crippen LogP contribution in [0.5, 0.6) is 0 Å². The second-order valence-corrected chi connectivity index (χ2v) is 6.66. The van der Waals surface area contributed by atoms with Crippen LogP contribution in [0.25, 0.3) is 21.8 Å². The molecule has 27 heavy (non-hydrogen) atoms. The maximum atomic E-state index is 13.1. The topological polar surface area (TPSA) is 31.9 Å². The molecule has 3 nitrogen and oxygen atoms in total. The molecule has 0 saturated heterocycles. The Morgan fingerprint density at radius 2 is 1.74 bits per heavy atom. The maximum absolute atomic E-state index is 13.1. The van der Waals surface area contributed by atoms with E-state index in [0.717, 1.165) is 32.9 Å². The third kappa shape index (κ3) is 4.11. The van der Waals surface area contributed by atoms with E-state index in [0.29, 0.717) is 0 Å². The lowest BCUT2D eigenvalue weighted by Crippen LogP contribution is -2.33. The van der Waals surface area contributed by atoms with Gasteiger partial charge in [-0.25, -0.2) is 0 Å². The molecule has 0 atom stereocenters. The van der Waals surface area contributed by atoms with Crippen molar-refractivity contribution < 1.29 is 13.2 Å². The molecule has 4 rings (SSSR count). The highest BCUT2D eigenvalue weighted by Gasteiger charge is 2.31. The van der Waals surface area contributed by atoms with Crippen molar-refractivity contribution in [1.29, 1.82) is 0 Å². The van der Waals surface area contributed by atoms with Crippen molar-refractivity contribution in [2.45, 2.75) is 19.3 Å². The van der Waals surface area contributed by atoms with Gasteiger partial charge in [0.05, 0.1) is 12.1 Å². The number of benzene rings is 2. The number of nitrogens with zero attached hydrogens (tertiary/aromatic N) is 2. The van der Waals surface area contributed by atoms with E-state index in [1.54, 1.807) is 12.4 Å². The van der Waals surface area contributed by atoms with Crippen molar-refractivity contribution in [3.63, 3.8) is 0 Å². The van der Waals surface area contributed by atoms with Crippen molar-refractivity contribution in [1.82, 2.24) is 14.9 Å². The Morgan fingerprint density at radius 1 is 0.963 bits per heavy atom. The number of para-hydroxylation sites is 2. The molecule has 0 spiro atoms. The van der Waals surface area contributed by atoms with E-state index in [2.05, 4.69) is 9.97 Å². The van der Waals surface area contributed by atoms with E-state index < -0.39 is 12.7 Å². The molecule has 0 fully saturated rings. The van der Waals surface area contributed by atoms with Gasteiger partial charge in [-0.1, -0.05) is 36.4 Å². The van der Waals surface area contributed by atoms with Crippen molar-refractivity contribution in [2.75, 3.05) is 6.54 Å². The van der Waals surface area contributed by atoms with Gasteiger partial charge in [0.15, 0.2) is 0 Å². The Kier molecular flexibility index (Phi) is 4.58. The fourth-order valence-electron chi connectivity index (χ4n) is 3.39. The minimum Gasteiger partial charge on any atom is -0.361 e. The summed E-state index contributed by atoms with van der Waals surface area (Å²) in [4.78, 5) is 8.89. The molecule has 0 radical (unpaired) electrons. The summed E-state index contributed by atoms with van der Waals surface area (Å²) < 4.78 is 39.4. The van der Waals surface area contributed by atoms with E-state index in [4.69, 9.17) is 0 Å². The standard InChI is InChI=1S/C21H18F3N3/c22-21(23,24)14-27(13-17-11-26-20-8-4-2-6-18(17)20)12-15-9-16-5-1-3-7-19(16)25-10-15/h1-11,26H,12-14H2. The van der Waals surface area contributed by atoms with Crippen LogP contribution < -0.4 is 0 Å². The fraction of sp³-hybridized carbons (Fsp3) is 0.190. The second kappa shape index (κ2) is 7.04. The summed E-state index contributed by atoms with van der Waals surface area (Å²) >= 11 is 0. The predicted molar refractivity (Wildman–Crippen MR) is 100 cm³/mol. The number of pyridine rings is 1. The van der Waals surface area contributed by atoms with E-state index >= 15 is 0 Å². The summed E-state index contributed by atoms with van der Waals surface area (Å²) in [6.07, 6.45) is -0.829. The molecular formula is C21H18F3N3. The first-order chi connectivity index (χ1) is 13.0. The summed E-state index contributed by atoms with van der Waals surface area (Å²) in [7, 11) is 0. The largest absolute Gasteiger partial charge is 0.401 e. The van der Waals surface area contributed by atoms with Crippen molar-refractivity contribution in [3.8, 4) is 0 Å². The van der Waals surface area contributed by atoms with Crippen LogP contribution in [0.15, 0.2) is 67.0 Å². The molecule has 4 aromatic rings. The highest BCUT2D eigenvalue weighted by atomic mass is 19.4. The number of alkyl halides is 3. The predicted octanol–water partition coefficient (Wildman–Crippen LogP) is 5.28. The van der Waals surface area contributed by atoms with Crippen molar-refractivity contribution in [2.24, 2.45) is 0 Å². The van der Waals surface area contributed by atoms with E-state index in [1.807, 2.05) is 54.6 Å². The van der Waals surface area contributed by atoms with Crippen LogP contribution in [-0.2, 0) is 13.1 Å². The Balaban J connectivity index is 1.61. The molecule has 2 heterocycles. The molecule has 2 aromatic heterocycles. The summed E-state index contributed by atoms with van der Waals surface area (Å²) in [5, 5.41) is 1.87. The zero-order valence-corrected chi connectivity index (χ0v) is 14.5. The monoisotopic (exact) mass is 369 g/mol. The first-order valence-electron chi connectivity index (χ1n) is 8.66. The van der Waals surface area contributed by atoms with Gasteiger partial charge in [0.1, 0.15) is 0 Å². The third-order valence-corrected chi connectivity index (χ3v) is 4.53. The van der Waals surface area contributed by atoms with E-state index in [-0.39, 0.29) is 13.1 Å². The van der Waals surface area contributed by atoms with E-state index in [9.17, 15) is 13.2 Å². The van der Waals surface area contributed by atoms with Gasteiger partial charge in [-0.15, -0.1) is 0 Å². The number of hydrogen-bond acceptors (Lipinski definition) is 2. The van der Waals surface area contributed by atoms with Gasteiger partial charge >= 0.3 is 6.18 Å². The molecule has 0 aliphatic heterocycles. The molecule has 2 aromatic carbocycles. The molecule has 0 amide bonds. The lowest BCUT2D eigenvalue weighted by Gasteiger charge is -2.23. The number of nitrogens with one attached hydrogen (secondary N) is 1. The summed E-state index contributed by atoms with van der Waals surface area (Å²) in [6.45, 7) is -0.591. The zero-order chi connectivity index (χ0) is 18.9.